The summed E-state index contributed by atoms with van der Waals surface area (Å²) in [4.78, 5) is 2.34. The van der Waals surface area contributed by atoms with Gasteiger partial charge in [0.1, 0.15) is 11.5 Å². The van der Waals surface area contributed by atoms with Crippen LogP contribution in [0, 0.1) is 6.92 Å². The van der Waals surface area contributed by atoms with Gasteiger partial charge in [0.25, 0.3) is 0 Å². The lowest BCUT2D eigenvalue weighted by atomic mass is 10.2. The summed E-state index contributed by atoms with van der Waals surface area (Å²) >= 11 is 0. The summed E-state index contributed by atoms with van der Waals surface area (Å²) in [5.41, 5.74) is 0. The quantitative estimate of drug-likeness (QED) is 0.706. The molecule has 0 aliphatic carbocycles. The predicted octanol–water partition coefficient (Wildman–Crippen LogP) is 2.80. The molecule has 98 valence electrons. The summed E-state index contributed by atoms with van der Waals surface area (Å²) in [6, 6.07) is 4.66. The average Bonchev–Trinajstić information content (AvgIpc) is 2.70. The van der Waals surface area contributed by atoms with E-state index in [-0.39, 0.29) is 0 Å². The number of rotatable bonds is 8. The predicted molar refractivity (Wildman–Crippen MR) is 72.2 cm³/mol. The van der Waals surface area contributed by atoms with Crippen LogP contribution in [0.3, 0.4) is 0 Å². The highest BCUT2D eigenvalue weighted by molar-refractivity contribution is 5.05. The van der Waals surface area contributed by atoms with Gasteiger partial charge in [-0.05, 0) is 59.0 Å². The highest BCUT2D eigenvalue weighted by Crippen LogP contribution is 2.11. The minimum atomic E-state index is 0.574. The van der Waals surface area contributed by atoms with E-state index in [0.29, 0.717) is 6.04 Å². The van der Waals surface area contributed by atoms with Crippen LogP contribution in [0.5, 0.6) is 0 Å². The molecule has 1 rings (SSSR count). The lowest BCUT2D eigenvalue weighted by Crippen LogP contribution is -2.31. The highest BCUT2D eigenvalue weighted by Gasteiger charge is 2.10. The molecule has 0 fully saturated rings. The van der Waals surface area contributed by atoms with E-state index in [4.69, 9.17) is 4.42 Å². The molecule has 1 aromatic rings. The van der Waals surface area contributed by atoms with Crippen molar-refractivity contribution in [3.8, 4) is 0 Å². The van der Waals surface area contributed by atoms with Crippen molar-refractivity contribution in [2.75, 3.05) is 20.1 Å². The molecule has 0 aliphatic heterocycles. The van der Waals surface area contributed by atoms with E-state index in [0.717, 1.165) is 31.2 Å². The number of hydrogen-bond donors (Lipinski definition) is 1. The Morgan fingerprint density at radius 2 is 2.12 bits per heavy atom. The van der Waals surface area contributed by atoms with Gasteiger partial charge in [0.2, 0.25) is 0 Å². The standard InChI is InChI=1S/C14H26N2O/c1-5-9-15-10-8-12(2)16(4)11-14-7-6-13(3)17-14/h6-7,12,15H,5,8-11H2,1-4H3. The normalized spacial score (nSPS) is 13.2. The van der Waals surface area contributed by atoms with Crippen LogP contribution in [-0.4, -0.2) is 31.1 Å². The zero-order chi connectivity index (χ0) is 12.7. The molecule has 3 nitrogen and oxygen atoms in total. The second kappa shape index (κ2) is 7.51. The minimum absolute atomic E-state index is 0.574. The summed E-state index contributed by atoms with van der Waals surface area (Å²) in [6.07, 6.45) is 2.38. The molecule has 3 heteroatoms. The molecule has 0 saturated heterocycles. The molecular weight excluding hydrogens is 212 g/mol. The molecule has 0 saturated carbocycles. The van der Waals surface area contributed by atoms with Crippen LogP contribution in [0.1, 0.15) is 38.2 Å². The van der Waals surface area contributed by atoms with Crippen molar-refractivity contribution in [3.05, 3.63) is 23.7 Å². The van der Waals surface area contributed by atoms with Crippen molar-refractivity contribution in [1.82, 2.24) is 10.2 Å². The first-order valence-electron chi connectivity index (χ1n) is 6.59. The van der Waals surface area contributed by atoms with Crippen LogP contribution in [0.2, 0.25) is 0 Å². The molecule has 1 unspecified atom stereocenters. The lowest BCUT2D eigenvalue weighted by molar-refractivity contribution is 0.218. The average molecular weight is 238 g/mol. The van der Waals surface area contributed by atoms with Gasteiger partial charge in [0.15, 0.2) is 0 Å². The zero-order valence-electron chi connectivity index (χ0n) is 11.6. The smallest absolute Gasteiger partial charge is 0.118 e. The Bertz CT molecular complexity index is 309. The second-order valence-electron chi connectivity index (χ2n) is 4.82. The van der Waals surface area contributed by atoms with Crippen LogP contribution in [0.25, 0.3) is 0 Å². The topological polar surface area (TPSA) is 28.4 Å². The van der Waals surface area contributed by atoms with E-state index in [1.807, 2.05) is 13.0 Å². The molecule has 1 N–H and O–H groups in total. The number of aryl methyl sites for hydroxylation is 1. The fraction of sp³-hybridized carbons (Fsp3) is 0.714. The summed E-state index contributed by atoms with van der Waals surface area (Å²) in [6.45, 7) is 9.56. The van der Waals surface area contributed by atoms with E-state index in [1.165, 1.54) is 12.8 Å². The summed E-state index contributed by atoms with van der Waals surface area (Å²) < 4.78 is 5.59. The largest absolute Gasteiger partial charge is 0.465 e. The molecule has 1 aromatic heterocycles. The summed E-state index contributed by atoms with van der Waals surface area (Å²) in [5.74, 6) is 2.05. The van der Waals surface area contributed by atoms with Gasteiger partial charge in [-0.2, -0.15) is 0 Å². The number of nitrogens with one attached hydrogen (secondary N) is 1. The van der Waals surface area contributed by atoms with Crippen molar-refractivity contribution in [3.63, 3.8) is 0 Å². The van der Waals surface area contributed by atoms with Gasteiger partial charge in [-0.25, -0.2) is 0 Å². The maximum Gasteiger partial charge on any atom is 0.118 e. The maximum atomic E-state index is 5.59. The molecule has 1 heterocycles. The van der Waals surface area contributed by atoms with E-state index in [1.54, 1.807) is 0 Å². The first kappa shape index (κ1) is 14.3. The summed E-state index contributed by atoms with van der Waals surface area (Å²) in [5, 5.41) is 3.44. The monoisotopic (exact) mass is 238 g/mol. The van der Waals surface area contributed by atoms with E-state index >= 15 is 0 Å². The third kappa shape index (κ3) is 5.37. The molecule has 0 spiro atoms. The Hall–Kier alpha value is -0.800. The molecule has 0 aliphatic rings. The fourth-order valence-electron chi connectivity index (χ4n) is 1.80. The van der Waals surface area contributed by atoms with Gasteiger partial charge in [-0.3, -0.25) is 4.90 Å². The first-order chi connectivity index (χ1) is 8.13. The number of nitrogens with zero attached hydrogens (tertiary/aromatic N) is 1. The number of furan rings is 1. The highest BCUT2D eigenvalue weighted by atomic mass is 16.3. The Labute approximate surface area is 105 Å². The van der Waals surface area contributed by atoms with Gasteiger partial charge in [0.05, 0.1) is 6.54 Å². The van der Waals surface area contributed by atoms with Crippen LogP contribution < -0.4 is 5.32 Å². The summed E-state index contributed by atoms with van der Waals surface area (Å²) in [7, 11) is 2.16. The Morgan fingerprint density at radius 1 is 1.35 bits per heavy atom. The minimum Gasteiger partial charge on any atom is -0.465 e. The van der Waals surface area contributed by atoms with Crippen LogP contribution in [-0.2, 0) is 6.54 Å². The SMILES string of the molecule is CCCNCCC(C)N(C)Cc1ccc(C)o1. The molecule has 0 aromatic carbocycles. The van der Waals surface area contributed by atoms with E-state index in [9.17, 15) is 0 Å². The van der Waals surface area contributed by atoms with Crippen molar-refractivity contribution in [2.24, 2.45) is 0 Å². The zero-order valence-corrected chi connectivity index (χ0v) is 11.6. The van der Waals surface area contributed by atoms with E-state index < -0.39 is 0 Å². The van der Waals surface area contributed by atoms with Crippen LogP contribution in [0.15, 0.2) is 16.5 Å². The third-order valence-electron chi connectivity index (χ3n) is 3.12. The van der Waals surface area contributed by atoms with E-state index in [2.05, 4.69) is 37.2 Å². The van der Waals surface area contributed by atoms with Crippen molar-refractivity contribution in [1.29, 1.82) is 0 Å². The third-order valence-corrected chi connectivity index (χ3v) is 3.12. The van der Waals surface area contributed by atoms with Gasteiger partial charge in [-0.15, -0.1) is 0 Å². The van der Waals surface area contributed by atoms with Gasteiger partial charge < -0.3 is 9.73 Å². The lowest BCUT2D eigenvalue weighted by Gasteiger charge is -2.23. The molecule has 0 radical (unpaired) electrons. The first-order valence-corrected chi connectivity index (χ1v) is 6.59. The Balaban J connectivity index is 2.24. The molecule has 0 amide bonds. The van der Waals surface area contributed by atoms with Gasteiger partial charge in [0, 0.05) is 6.04 Å². The molecule has 1 atom stereocenters. The molecular formula is C14H26N2O. The van der Waals surface area contributed by atoms with Gasteiger partial charge in [-0.1, -0.05) is 6.92 Å². The fourth-order valence-corrected chi connectivity index (χ4v) is 1.80. The van der Waals surface area contributed by atoms with Crippen LogP contribution in [0.4, 0.5) is 0 Å². The van der Waals surface area contributed by atoms with Crippen molar-refractivity contribution < 1.29 is 4.42 Å². The number of hydrogen-bond acceptors (Lipinski definition) is 3. The molecule has 0 bridgehead atoms. The molecule has 17 heavy (non-hydrogen) atoms. The maximum absolute atomic E-state index is 5.59. The van der Waals surface area contributed by atoms with Crippen LogP contribution >= 0.6 is 0 Å². The Morgan fingerprint density at radius 3 is 2.71 bits per heavy atom. The van der Waals surface area contributed by atoms with Crippen molar-refractivity contribution >= 4 is 0 Å². The van der Waals surface area contributed by atoms with Gasteiger partial charge >= 0.3 is 0 Å². The second-order valence-corrected chi connectivity index (χ2v) is 4.82. The Kier molecular flexibility index (Phi) is 6.30. The van der Waals surface area contributed by atoms with Crippen molar-refractivity contribution in [2.45, 2.75) is 46.2 Å².